The molecule has 2 aliphatic heterocycles. The second kappa shape index (κ2) is 16.7. The summed E-state index contributed by atoms with van der Waals surface area (Å²) in [5.41, 5.74) is 13.7. The molecule has 0 saturated carbocycles. The molecule has 2 aliphatic rings. The van der Waals surface area contributed by atoms with Gasteiger partial charge in [0.25, 0.3) is 0 Å². The number of benzene rings is 7. The first kappa shape index (κ1) is 45.7. The van der Waals surface area contributed by atoms with Gasteiger partial charge >= 0.3 is 14.2 Å². The van der Waals surface area contributed by atoms with Crippen LogP contribution in [0.15, 0.2) is 170 Å². The molecular formula is C59H61B3O4. The highest BCUT2D eigenvalue weighted by molar-refractivity contribution is 6.62. The molecule has 0 bridgehead atoms. The Balaban J connectivity index is 0.977. The molecule has 7 aromatic rings. The first-order valence-electron chi connectivity index (χ1n) is 23.4. The van der Waals surface area contributed by atoms with Crippen molar-refractivity contribution >= 4 is 38.5 Å². The Bertz CT molecular complexity index is 2780. The maximum Gasteiger partial charge on any atom is 0.494 e. The van der Waals surface area contributed by atoms with E-state index in [9.17, 15) is 0 Å². The minimum Gasteiger partial charge on any atom is -0.399 e. The molecule has 0 N–H and O–H groups in total. The Morgan fingerprint density at radius 1 is 0.318 bits per heavy atom. The third-order valence-electron chi connectivity index (χ3n) is 15.5. The van der Waals surface area contributed by atoms with Gasteiger partial charge in [-0.2, -0.15) is 0 Å². The molecule has 2 saturated heterocycles. The quantitative estimate of drug-likeness (QED) is 0.101. The second-order valence-electron chi connectivity index (χ2n) is 21.1. The molecule has 9 rings (SSSR count). The Labute approximate surface area is 395 Å². The van der Waals surface area contributed by atoms with Crippen LogP contribution < -0.4 is 16.4 Å². The minimum atomic E-state index is -0.443. The average molecular weight is 867 g/mol. The Hall–Kier alpha value is -5.43. The van der Waals surface area contributed by atoms with E-state index in [1.54, 1.807) is 0 Å². The van der Waals surface area contributed by atoms with Crippen molar-refractivity contribution in [3.05, 3.63) is 198 Å². The molecule has 0 aliphatic carbocycles. The Morgan fingerprint density at radius 2 is 0.530 bits per heavy atom. The maximum atomic E-state index is 6.33. The molecular weight excluding hydrogens is 805 g/mol. The first-order valence-corrected chi connectivity index (χ1v) is 23.4. The van der Waals surface area contributed by atoms with Crippen LogP contribution in [0, 0.1) is 0 Å². The van der Waals surface area contributed by atoms with Crippen molar-refractivity contribution in [1.29, 1.82) is 0 Å². The van der Waals surface area contributed by atoms with Crippen molar-refractivity contribution in [2.75, 3.05) is 0 Å². The number of rotatable bonds is 10. The topological polar surface area (TPSA) is 36.9 Å². The van der Waals surface area contributed by atoms with E-state index in [0.717, 1.165) is 44.2 Å². The molecule has 2 fully saturated rings. The van der Waals surface area contributed by atoms with Gasteiger partial charge in [-0.1, -0.05) is 189 Å². The zero-order valence-electron chi connectivity index (χ0n) is 40.5. The van der Waals surface area contributed by atoms with Crippen LogP contribution in [0.4, 0.5) is 0 Å². The predicted octanol–water partition coefficient (Wildman–Crippen LogP) is 11.8. The van der Waals surface area contributed by atoms with Crippen LogP contribution >= 0.6 is 0 Å². The fourth-order valence-electron chi connectivity index (χ4n) is 9.26. The lowest BCUT2D eigenvalue weighted by Gasteiger charge is -2.33. The monoisotopic (exact) mass is 866 g/mol. The summed E-state index contributed by atoms with van der Waals surface area (Å²) in [7, 11) is 5.26. The summed E-state index contributed by atoms with van der Waals surface area (Å²) >= 11 is 0. The second-order valence-corrected chi connectivity index (χ2v) is 21.1. The summed E-state index contributed by atoms with van der Waals surface area (Å²) in [4.78, 5) is 0. The molecule has 7 heteroatoms. The lowest BCUT2D eigenvalue weighted by atomic mass is 9.69. The molecule has 330 valence electrons. The van der Waals surface area contributed by atoms with E-state index in [4.69, 9.17) is 26.5 Å². The summed E-state index contributed by atoms with van der Waals surface area (Å²) < 4.78 is 25.2. The molecule has 0 aromatic heterocycles. The van der Waals surface area contributed by atoms with E-state index in [-0.39, 0.29) is 42.1 Å². The third kappa shape index (κ3) is 8.34. The van der Waals surface area contributed by atoms with Gasteiger partial charge in [0.15, 0.2) is 0 Å². The van der Waals surface area contributed by atoms with Crippen LogP contribution in [0.5, 0.6) is 0 Å². The van der Waals surface area contributed by atoms with Crippen molar-refractivity contribution in [2.24, 2.45) is 0 Å². The normalized spacial score (nSPS) is 18.3. The smallest absolute Gasteiger partial charge is 0.399 e. The van der Waals surface area contributed by atoms with Gasteiger partial charge in [-0.05, 0) is 134 Å². The SMILES string of the molecule is [B]c1ccc(-c2ccc(C(C)(c3ccc(-c4ccc(B5OC(C)(C)C(C)(C)O5)cc4)cc3)c3ccc(C(C)(C)c4ccc(-c5ccc(B6OC(C)(C)C(C)(C)O6)cc5)cc4)cc3)cc2)cc1. The van der Waals surface area contributed by atoms with Crippen molar-refractivity contribution in [3.63, 3.8) is 0 Å². The van der Waals surface area contributed by atoms with Crippen molar-refractivity contribution in [2.45, 2.75) is 109 Å². The molecule has 1 unspecified atom stereocenters. The van der Waals surface area contributed by atoms with Crippen LogP contribution in [-0.4, -0.2) is 44.5 Å². The van der Waals surface area contributed by atoms with Gasteiger partial charge in [0.1, 0.15) is 7.85 Å². The fraction of sp³-hybridized carbons (Fsp3) is 0.288. The first-order chi connectivity index (χ1) is 31.2. The van der Waals surface area contributed by atoms with E-state index < -0.39 is 5.41 Å². The van der Waals surface area contributed by atoms with Crippen LogP contribution in [0.2, 0.25) is 0 Å². The fourth-order valence-corrected chi connectivity index (χ4v) is 9.26. The average Bonchev–Trinajstić information content (AvgIpc) is 3.68. The largest absolute Gasteiger partial charge is 0.494 e. The molecule has 7 aromatic carbocycles. The predicted molar refractivity (Wildman–Crippen MR) is 277 cm³/mol. The van der Waals surface area contributed by atoms with Gasteiger partial charge in [-0.3, -0.25) is 0 Å². The van der Waals surface area contributed by atoms with E-state index >= 15 is 0 Å². The zero-order valence-corrected chi connectivity index (χ0v) is 40.5. The van der Waals surface area contributed by atoms with Gasteiger partial charge in [-0.25, -0.2) is 0 Å². The van der Waals surface area contributed by atoms with E-state index in [1.165, 1.54) is 33.4 Å². The van der Waals surface area contributed by atoms with Gasteiger partial charge in [0.2, 0.25) is 0 Å². The van der Waals surface area contributed by atoms with Crippen molar-refractivity contribution in [1.82, 2.24) is 0 Å². The van der Waals surface area contributed by atoms with E-state index in [2.05, 4.69) is 234 Å². The molecule has 1 atom stereocenters. The summed E-state index contributed by atoms with van der Waals surface area (Å²) in [6.07, 6.45) is 0. The molecule has 4 nitrogen and oxygen atoms in total. The lowest BCUT2D eigenvalue weighted by molar-refractivity contribution is 0.00578. The highest BCUT2D eigenvalue weighted by Gasteiger charge is 2.52. The third-order valence-corrected chi connectivity index (χ3v) is 15.5. The minimum absolute atomic E-state index is 0.228. The van der Waals surface area contributed by atoms with Crippen LogP contribution in [0.25, 0.3) is 33.4 Å². The molecule has 0 spiro atoms. The number of hydrogen-bond acceptors (Lipinski definition) is 4. The Morgan fingerprint density at radius 3 is 0.818 bits per heavy atom. The molecule has 2 heterocycles. The standard InChI is InChI=1S/C59H61B3O4/c1-54(2,46-24-12-40(13-25-46)44-20-36-52(37-21-44)61-63-55(3,4)56(5,6)64-61)47-30-32-50(33-31-47)59(11,48-26-14-41(15-27-48)43-18-34-51(60)35-19-43)49-28-16-42(17-29-49)45-22-38-53(39-23-45)62-65-57(7,8)58(9,10)66-62/h12-39H,1-11H3. The lowest BCUT2D eigenvalue weighted by Crippen LogP contribution is -2.41. The summed E-state index contributed by atoms with van der Waals surface area (Å²) in [6.45, 7) is 23.7. The van der Waals surface area contributed by atoms with Gasteiger partial charge in [-0.15, -0.1) is 0 Å². The van der Waals surface area contributed by atoms with Crippen LogP contribution in [-0.2, 0) is 29.4 Å². The zero-order chi connectivity index (χ0) is 46.9. The molecule has 0 amide bonds. The van der Waals surface area contributed by atoms with E-state index in [1.807, 2.05) is 12.1 Å². The van der Waals surface area contributed by atoms with Crippen molar-refractivity contribution in [3.8, 4) is 33.4 Å². The summed E-state index contributed by atoms with van der Waals surface area (Å²) in [5.74, 6) is 0. The summed E-state index contributed by atoms with van der Waals surface area (Å²) in [6, 6.07) is 61.6. The number of hydrogen-bond donors (Lipinski definition) is 0. The molecule has 2 radical (unpaired) electrons. The van der Waals surface area contributed by atoms with E-state index in [0.29, 0.717) is 0 Å². The van der Waals surface area contributed by atoms with Gasteiger partial charge < -0.3 is 18.6 Å². The summed E-state index contributed by atoms with van der Waals surface area (Å²) in [5, 5.41) is 0. The highest BCUT2D eigenvalue weighted by atomic mass is 16.7. The Kier molecular flexibility index (Phi) is 11.6. The van der Waals surface area contributed by atoms with Crippen molar-refractivity contribution < 1.29 is 18.6 Å². The van der Waals surface area contributed by atoms with Gasteiger partial charge in [0.05, 0.1) is 22.4 Å². The highest BCUT2D eigenvalue weighted by Crippen LogP contribution is 2.43. The van der Waals surface area contributed by atoms with Crippen LogP contribution in [0.3, 0.4) is 0 Å². The van der Waals surface area contributed by atoms with Gasteiger partial charge in [0, 0.05) is 10.8 Å². The maximum absolute atomic E-state index is 6.33. The molecule has 66 heavy (non-hydrogen) atoms. The van der Waals surface area contributed by atoms with Crippen LogP contribution in [0.1, 0.15) is 104 Å².